The van der Waals surface area contributed by atoms with Crippen molar-refractivity contribution in [3.63, 3.8) is 0 Å². The molecule has 0 aliphatic rings. The van der Waals surface area contributed by atoms with E-state index in [0.29, 0.717) is 11.3 Å². The lowest BCUT2D eigenvalue weighted by Gasteiger charge is -2.04. The van der Waals surface area contributed by atoms with Crippen LogP contribution in [0.1, 0.15) is 10.4 Å². The Morgan fingerprint density at radius 3 is 2.53 bits per heavy atom. The number of thioether (sulfide) groups is 1. The van der Waals surface area contributed by atoms with Crippen LogP contribution in [0.4, 0.5) is 15.8 Å². The molecule has 4 aromatic rings. The van der Waals surface area contributed by atoms with Gasteiger partial charge in [0.2, 0.25) is 5.91 Å². The number of amides is 2. The number of hydrogen-bond donors (Lipinski definition) is 2. The Morgan fingerprint density at radius 1 is 0.967 bits per heavy atom. The molecule has 0 radical (unpaired) electrons. The zero-order chi connectivity index (χ0) is 20.9. The van der Waals surface area contributed by atoms with Gasteiger partial charge in [-0.2, -0.15) is 0 Å². The van der Waals surface area contributed by atoms with Crippen LogP contribution in [0, 0.1) is 5.82 Å². The lowest BCUT2D eigenvalue weighted by molar-refractivity contribution is -0.113. The molecule has 0 aliphatic carbocycles. The highest BCUT2D eigenvalue weighted by molar-refractivity contribution is 8.01. The van der Waals surface area contributed by atoms with Crippen molar-refractivity contribution in [1.82, 2.24) is 4.98 Å². The van der Waals surface area contributed by atoms with E-state index in [1.165, 1.54) is 35.2 Å². The molecular formula is C22H16FN3O2S2. The molecule has 0 unspecified atom stereocenters. The molecule has 2 amide bonds. The fraction of sp³-hybridized carbons (Fsp3) is 0.0455. The number of carbonyl (C=O) groups is 2. The zero-order valence-electron chi connectivity index (χ0n) is 15.6. The average Bonchev–Trinajstić information content (AvgIpc) is 3.17. The third-order valence-electron chi connectivity index (χ3n) is 4.14. The fourth-order valence-electron chi connectivity index (χ4n) is 2.71. The Morgan fingerprint density at radius 2 is 1.73 bits per heavy atom. The maximum absolute atomic E-state index is 13.6. The third kappa shape index (κ3) is 4.84. The van der Waals surface area contributed by atoms with Crippen LogP contribution < -0.4 is 10.6 Å². The number of rotatable bonds is 6. The molecule has 3 aromatic carbocycles. The Labute approximate surface area is 180 Å². The summed E-state index contributed by atoms with van der Waals surface area (Å²) in [6.45, 7) is 0. The van der Waals surface area contributed by atoms with Gasteiger partial charge in [-0.25, -0.2) is 9.37 Å². The summed E-state index contributed by atoms with van der Waals surface area (Å²) in [4.78, 5) is 28.9. The fourth-order valence-corrected chi connectivity index (χ4v) is 4.62. The van der Waals surface area contributed by atoms with Crippen LogP contribution in [0.3, 0.4) is 0 Å². The number of anilines is 2. The van der Waals surface area contributed by atoms with Gasteiger partial charge in [-0.15, -0.1) is 11.3 Å². The van der Waals surface area contributed by atoms with E-state index in [-0.39, 0.29) is 23.3 Å². The summed E-state index contributed by atoms with van der Waals surface area (Å²) in [5.74, 6) is -0.842. The zero-order valence-corrected chi connectivity index (χ0v) is 17.2. The molecule has 0 aliphatic heterocycles. The molecular weight excluding hydrogens is 421 g/mol. The van der Waals surface area contributed by atoms with Gasteiger partial charge in [-0.3, -0.25) is 9.59 Å². The molecule has 1 aromatic heterocycles. The number of para-hydroxylation sites is 1. The summed E-state index contributed by atoms with van der Waals surface area (Å²) in [5, 5.41) is 5.43. The third-order valence-corrected chi connectivity index (χ3v) is 6.30. The van der Waals surface area contributed by atoms with Crippen LogP contribution in [0.2, 0.25) is 0 Å². The number of benzene rings is 3. The van der Waals surface area contributed by atoms with Crippen molar-refractivity contribution in [2.45, 2.75) is 4.34 Å². The second-order valence-corrected chi connectivity index (χ2v) is 8.55. The van der Waals surface area contributed by atoms with Gasteiger partial charge < -0.3 is 10.6 Å². The summed E-state index contributed by atoms with van der Waals surface area (Å²) in [5.41, 5.74) is 2.20. The molecule has 0 bridgehead atoms. The van der Waals surface area contributed by atoms with Gasteiger partial charge in [-0.05, 0) is 42.5 Å². The minimum atomic E-state index is -0.471. The van der Waals surface area contributed by atoms with E-state index in [1.807, 2.05) is 30.3 Å². The first-order chi connectivity index (χ1) is 14.6. The predicted molar refractivity (Wildman–Crippen MR) is 120 cm³/mol. The van der Waals surface area contributed by atoms with E-state index in [1.54, 1.807) is 30.3 Å². The molecule has 0 saturated carbocycles. The SMILES string of the molecule is O=C(CSc1nc2ccc(NC(=O)c3ccccc3)cc2s1)Nc1ccccc1F. The van der Waals surface area contributed by atoms with Crippen molar-refractivity contribution >= 4 is 56.5 Å². The Hall–Kier alpha value is -3.23. The van der Waals surface area contributed by atoms with E-state index >= 15 is 0 Å². The van der Waals surface area contributed by atoms with Gasteiger partial charge in [0.25, 0.3) is 5.91 Å². The van der Waals surface area contributed by atoms with Gasteiger partial charge >= 0.3 is 0 Å². The van der Waals surface area contributed by atoms with E-state index in [4.69, 9.17) is 0 Å². The summed E-state index contributed by atoms with van der Waals surface area (Å²) in [7, 11) is 0. The number of hydrogen-bond acceptors (Lipinski definition) is 5. The summed E-state index contributed by atoms with van der Waals surface area (Å²) in [6.07, 6.45) is 0. The molecule has 4 rings (SSSR count). The van der Waals surface area contributed by atoms with E-state index < -0.39 is 5.82 Å². The minimum Gasteiger partial charge on any atom is -0.323 e. The Balaban J connectivity index is 1.39. The van der Waals surface area contributed by atoms with Crippen LogP contribution in [-0.4, -0.2) is 22.6 Å². The Bertz CT molecular complexity index is 1210. The average molecular weight is 438 g/mol. The monoisotopic (exact) mass is 437 g/mol. The quantitative estimate of drug-likeness (QED) is 0.395. The van der Waals surface area contributed by atoms with Crippen LogP contribution in [0.15, 0.2) is 77.1 Å². The van der Waals surface area contributed by atoms with Crippen LogP contribution in [0.5, 0.6) is 0 Å². The van der Waals surface area contributed by atoms with E-state index in [9.17, 15) is 14.0 Å². The second-order valence-electron chi connectivity index (χ2n) is 6.30. The van der Waals surface area contributed by atoms with Crippen molar-refractivity contribution in [3.05, 3.63) is 84.2 Å². The number of aromatic nitrogens is 1. The van der Waals surface area contributed by atoms with Crippen LogP contribution in [0.25, 0.3) is 10.2 Å². The van der Waals surface area contributed by atoms with Crippen molar-refractivity contribution in [2.75, 3.05) is 16.4 Å². The molecule has 2 N–H and O–H groups in total. The standard InChI is InChI=1S/C22H16FN3O2S2/c23-16-8-4-5-9-17(16)25-20(27)13-29-22-26-18-11-10-15(12-19(18)30-22)24-21(28)14-6-2-1-3-7-14/h1-12H,13H2,(H,24,28)(H,25,27). The van der Waals surface area contributed by atoms with Gasteiger partial charge in [0.15, 0.2) is 4.34 Å². The molecule has 0 spiro atoms. The van der Waals surface area contributed by atoms with Crippen molar-refractivity contribution in [1.29, 1.82) is 0 Å². The first-order valence-corrected chi connectivity index (χ1v) is 10.8. The van der Waals surface area contributed by atoms with Crippen LogP contribution >= 0.6 is 23.1 Å². The number of halogens is 1. The molecule has 150 valence electrons. The number of nitrogens with zero attached hydrogens (tertiary/aromatic N) is 1. The van der Waals surface area contributed by atoms with Crippen molar-refractivity contribution in [2.24, 2.45) is 0 Å². The van der Waals surface area contributed by atoms with Gasteiger partial charge in [0.1, 0.15) is 5.82 Å². The second kappa shape index (κ2) is 9.06. The van der Waals surface area contributed by atoms with Gasteiger partial charge in [-0.1, -0.05) is 42.1 Å². The number of thiazole rings is 1. The number of carbonyl (C=O) groups excluding carboxylic acids is 2. The van der Waals surface area contributed by atoms with E-state index in [0.717, 1.165) is 14.6 Å². The summed E-state index contributed by atoms with van der Waals surface area (Å²) >= 11 is 2.71. The molecule has 0 saturated heterocycles. The Kier molecular flexibility index (Phi) is 6.06. The van der Waals surface area contributed by atoms with Crippen molar-refractivity contribution in [3.8, 4) is 0 Å². The number of fused-ring (bicyclic) bond motifs is 1. The van der Waals surface area contributed by atoms with Gasteiger partial charge in [0.05, 0.1) is 21.7 Å². The number of nitrogens with one attached hydrogen (secondary N) is 2. The molecule has 8 heteroatoms. The smallest absolute Gasteiger partial charge is 0.255 e. The highest BCUT2D eigenvalue weighted by Crippen LogP contribution is 2.31. The molecule has 0 fully saturated rings. The predicted octanol–water partition coefficient (Wildman–Crippen LogP) is 5.42. The molecule has 5 nitrogen and oxygen atoms in total. The lowest BCUT2D eigenvalue weighted by atomic mass is 10.2. The highest BCUT2D eigenvalue weighted by Gasteiger charge is 2.11. The summed E-state index contributed by atoms with van der Waals surface area (Å²) in [6, 6.07) is 20.5. The molecule has 30 heavy (non-hydrogen) atoms. The molecule has 1 heterocycles. The van der Waals surface area contributed by atoms with Crippen molar-refractivity contribution < 1.29 is 14.0 Å². The largest absolute Gasteiger partial charge is 0.323 e. The lowest BCUT2D eigenvalue weighted by Crippen LogP contribution is -2.14. The molecule has 0 atom stereocenters. The highest BCUT2D eigenvalue weighted by atomic mass is 32.2. The van der Waals surface area contributed by atoms with E-state index in [2.05, 4.69) is 15.6 Å². The summed E-state index contributed by atoms with van der Waals surface area (Å²) < 4.78 is 15.3. The minimum absolute atomic E-state index is 0.117. The maximum atomic E-state index is 13.6. The van der Waals surface area contributed by atoms with Crippen LogP contribution in [-0.2, 0) is 4.79 Å². The van der Waals surface area contributed by atoms with Gasteiger partial charge in [0, 0.05) is 11.3 Å². The topological polar surface area (TPSA) is 71.1 Å². The first kappa shape index (κ1) is 20.1. The first-order valence-electron chi connectivity index (χ1n) is 9.03. The maximum Gasteiger partial charge on any atom is 0.255 e. The normalized spacial score (nSPS) is 10.7.